The van der Waals surface area contributed by atoms with Crippen LogP contribution in [0.3, 0.4) is 0 Å². The van der Waals surface area contributed by atoms with Gasteiger partial charge in [-0.1, -0.05) is 6.07 Å². The van der Waals surface area contributed by atoms with Crippen molar-refractivity contribution in [2.24, 2.45) is 5.10 Å². The summed E-state index contributed by atoms with van der Waals surface area (Å²) in [5.74, 6) is 0.367. The zero-order chi connectivity index (χ0) is 20.7. The van der Waals surface area contributed by atoms with E-state index in [1.165, 1.54) is 14.2 Å². The molecule has 0 saturated heterocycles. The molecule has 0 heterocycles. The van der Waals surface area contributed by atoms with Gasteiger partial charge in [-0.25, -0.2) is 5.43 Å². The number of amides is 2. The van der Waals surface area contributed by atoms with Gasteiger partial charge in [-0.15, -0.1) is 0 Å². The standard InChI is InChI=1S/C21H25N3O4/c1-13-6-14(2)8-17(7-13)22-20(25)9-15(3)23-24-21(26)16-10-18(27-4)12-19(11-16)28-5/h6-8,10-12H,9H2,1-5H3,(H,22,25)(H,24,26). The van der Waals surface area contributed by atoms with E-state index in [0.29, 0.717) is 22.8 Å². The maximum atomic E-state index is 12.3. The fraction of sp³-hybridized carbons (Fsp3) is 0.286. The Morgan fingerprint density at radius 3 is 2.04 bits per heavy atom. The van der Waals surface area contributed by atoms with E-state index < -0.39 is 5.91 Å². The lowest BCUT2D eigenvalue weighted by atomic mass is 10.1. The fourth-order valence-corrected chi connectivity index (χ4v) is 2.67. The van der Waals surface area contributed by atoms with Crippen molar-refractivity contribution in [2.75, 3.05) is 19.5 Å². The van der Waals surface area contributed by atoms with Crippen LogP contribution >= 0.6 is 0 Å². The van der Waals surface area contributed by atoms with Crippen LogP contribution in [0.4, 0.5) is 5.69 Å². The van der Waals surface area contributed by atoms with Crippen molar-refractivity contribution in [1.29, 1.82) is 0 Å². The molecule has 0 unspecified atom stereocenters. The minimum Gasteiger partial charge on any atom is -0.497 e. The summed E-state index contributed by atoms with van der Waals surface area (Å²) in [4.78, 5) is 24.5. The largest absolute Gasteiger partial charge is 0.497 e. The third-order valence-corrected chi connectivity index (χ3v) is 3.88. The molecule has 0 saturated carbocycles. The number of benzene rings is 2. The van der Waals surface area contributed by atoms with Crippen LogP contribution in [-0.4, -0.2) is 31.7 Å². The van der Waals surface area contributed by atoms with Gasteiger partial charge in [-0.2, -0.15) is 5.10 Å². The smallest absolute Gasteiger partial charge is 0.271 e. The van der Waals surface area contributed by atoms with Gasteiger partial charge < -0.3 is 14.8 Å². The first-order chi connectivity index (χ1) is 13.3. The van der Waals surface area contributed by atoms with E-state index in [-0.39, 0.29) is 12.3 Å². The molecule has 2 aromatic rings. The molecule has 2 rings (SSSR count). The number of nitrogens with one attached hydrogen (secondary N) is 2. The van der Waals surface area contributed by atoms with Gasteiger partial charge in [0.25, 0.3) is 5.91 Å². The summed E-state index contributed by atoms with van der Waals surface area (Å²) in [5, 5.41) is 6.84. The Labute approximate surface area is 164 Å². The lowest BCUT2D eigenvalue weighted by molar-refractivity contribution is -0.115. The molecule has 148 valence electrons. The quantitative estimate of drug-likeness (QED) is 0.566. The highest BCUT2D eigenvalue weighted by atomic mass is 16.5. The van der Waals surface area contributed by atoms with Crippen LogP contribution in [0.15, 0.2) is 41.5 Å². The number of nitrogens with zero attached hydrogens (tertiary/aromatic N) is 1. The summed E-state index contributed by atoms with van der Waals surface area (Å²) in [6.07, 6.45) is 0.0642. The van der Waals surface area contributed by atoms with Crippen molar-refractivity contribution in [3.8, 4) is 11.5 Å². The van der Waals surface area contributed by atoms with E-state index >= 15 is 0 Å². The molecule has 0 aliphatic rings. The number of aryl methyl sites for hydroxylation is 2. The molecule has 7 nitrogen and oxygen atoms in total. The molecule has 2 N–H and O–H groups in total. The number of hydrogen-bond donors (Lipinski definition) is 2. The molecule has 2 amide bonds. The molecule has 0 atom stereocenters. The minimum atomic E-state index is -0.425. The second-order valence-corrected chi connectivity index (χ2v) is 6.49. The normalized spacial score (nSPS) is 11.0. The number of ether oxygens (including phenoxy) is 2. The molecular formula is C21H25N3O4. The Hall–Kier alpha value is -3.35. The van der Waals surface area contributed by atoms with Crippen LogP contribution in [0.1, 0.15) is 34.8 Å². The molecule has 28 heavy (non-hydrogen) atoms. The zero-order valence-corrected chi connectivity index (χ0v) is 16.8. The SMILES string of the molecule is COc1cc(OC)cc(C(=O)NN=C(C)CC(=O)Nc2cc(C)cc(C)c2)c1. The lowest BCUT2D eigenvalue weighted by Crippen LogP contribution is -2.21. The number of carbonyl (C=O) groups excluding carboxylic acids is 2. The molecule has 0 bridgehead atoms. The Bertz CT molecular complexity index is 864. The van der Waals surface area contributed by atoms with Crippen LogP contribution in [0.2, 0.25) is 0 Å². The molecule has 0 radical (unpaired) electrons. The molecule has 0 aromatic heterocycles. The van der Waals surface area contributed by atoms with E-state index in [1.807, 2.05) is 32.0 Å². The average Bonchev–Trinajstić information content (AvgIpc) is 2.64. The average molecular weight is 383 g/mol. The zero-order valence-electron chi connectivity index (χ0n) is 16.8. The summed E-state index contributed by atoms with van der Waals surface area (Å²) in [7, 11) is 3.01. The summed E-state index contributed by atoms with van der Waals surface area (Å²) in [5.41, 5.74) is 6.14. The van der Waals surface area contributed by atoms with Crippen LogP contribution < -0.4 is 20.2 Å². The van der Waals surface area contributed by atoms with Gasteiger partial charge in [-0.3, -0.25) is 9.59 Å². The van der Waals surface area contributed by atoms with Crippen molar-refractivity contribution < 1.29 is 19.1 Å². The number of methoxy groups -OCH3 is 2. The van der Waals surface area contributed by atoms with Gasteiger partial charge in [0, 0.05) is 23.0 Å². The van der Waals surface area contributed by atoms with E-state index in [1.54, 1.807) is 25.1 Å². The van der Waals surface area contributed by atoms with Crippen LogP contribution in [0.25, 0.3) is 0 Å². The Balaban J connectivity index is 1.98. The highest BCUT2D eigenvalue weighted by molar-refractivity contribution is 6.06. The maximum absolute atomic E-state index is 12.3. The number of carbonyl (C=O) groups is 2. The van der Waals surface area contributed by atoms with E-state index in [9.17, 15) is 9.59 Å². The molecule has 0 spiro atoms. The van der Waals surface area contributed by atoms with Crippen LogP contribution in [-0.2, 0) is 4.79 Å². The number of hydrogen-bond acceptors (Lipinski definition) is 5. The second-order valence-electron chi connectivity index (χ2n) is 6.49. The van der Waals surface area contributed by atoms with Gasteiger partial charge in [0.05, 0.1) is 20.6 Å². The monoisotopic (exact) mass is 383 g/mol. The summed E-state index contributed by atoms with van der Waals surface area (Å²) >= 11 is 0. The Morgan fingerprint density at radius 2 is 1.50 bits per heavy atom. The van der Waals surface area contributed by atoms with Gasteiger partial charge >= 0.3 is 0 Å². The van der Waals surface area contributed by atoms with Crippen LogP contribution in [0, 0.1) is 13.8 Å². The van der Waals surface area contributed by atoms with Crippen molar-refractivity contribution in [2.45, 2.75) is 27.2 Å². The molecule has 2 aromatic carbocycles. The first-order valence-corrected chi connectivity index (χ1v) is 8.75. The topological polar surface area (TPSA) is 89.0 Å². The van der Waals surface area contributed by atoms with E-state index in [4.69, 9.17) is 9.47 Å². The van der Waals surface area contributed by atoms with E-state index in [2.05, 4.69) is 15.8 Å². The predicted octanol–water partition coefficient (Wildman–Crippen LogP) is 3.46. The molecule has 7 heteroatoms. The third kappa shape index (κ3) is 6.12. The molecule has 0 fully saturated rings. The maximum Gasteiger partial charge on any atom is 0.271 e. The van der Waals surface area contributed by atoms with Crippen molar-refractivity contribution >= 4 is 23.2 Å². The van der Waals surface area contributed by atoms with Gasteiger partial charge in [-0.05, 0) is 56.2 Å². The number of anilines is 1. The van der Waals surface area contributed by atoms with Crippen molar-refractivity contribution in [3.63, 3.8) is 0 Å². The van der Waals surface area contributed by atoms with E-state index in [0.717, 1.165) is 16.8 Å². The summed E-state index contributed by atoms with van der Waals surface area (Å²) < 4.78 is 10.3. The van der Waals surface area contributed by atoms with Gasteiger partial charge in [0.2, 0.25) is 5.91 Å². The van der Waals surface area contributed by atoms with Crippen molar-refractivity contribution in [1.82, 2.24) is 5.43 Å². The third-order valence-electron chi connectivity index (χ3n) is 3.88. The summed E-state index contributed by atoms with van der Waals surface area (Å²) in [6.45, 7) is 5.62. The number of hydrazone groups is 1. The fourth-order valence-electron chi connectivity index (χ4n) is 2.67. The molecule has 0 aliphatic carbocycles. The summed E-state index contributed by atoms with van der Waals surface area (Å²) in [6, 6.07) is 10.7. The van der Waals surface area contributed by atoms with Gasteiger partial charge in [0.1, 0.15) is 11.5 Å². The number of rotatable bonds is 7. The first kappa shape index (κ1) is 21.0. The minimum absolute atomic E-state index is 0.0642. The predicted molar refractivity (Wildman–Crippen MR) is 109 cm³/mol. The van der Waals surface area contributed by atoms with Crippen molar-refractivity contribution in [3.05, 3.63) is 53.1 Å². The highest BCUT2D eigenvalue weighted by Crippen LogP contribution is 2.22. The Kier molecular flexibility index (Phi) is 7.14. The van der Waals surface area contributed by atoms with Crippen LogP contribution in [0.5, 0.6) is 11.5 Å². The second kappa shape index (κ2) is 9.55. The Morgan fingerprint density at radius 1 is 0.929 bits per heavy atom. The van der Waals surface area contributed by atoms with Gasteiger partial charge in [0.15, 0.2) is 0 Å². The highest BCUT2D eigenvalue weighted by Gasteiger charge is 2.10. The molecular weight excluding hydrogens is 358 g/mol. The lowest BCUT2D eigenvalue weighted by Gasteiger charge is -2.09. The molecule has 0 aliphatic heterocycles. The first-order valence-electron chi connectivity index (χ1n) is 8.75.